The molecule has 2 heterocycles. The van der Waals surface area contributed by atoms with Crippen LogP contribution in [0.5, 0.6) is 0 Å². The van der Waals surface area contributed by atoms with E-state index in [1.807, 2.05) is 22.7 Å². The number of aliphatic hydroxyl groups is 1. The molecule has 1 aliphatic rings. The van der Waals surface area contributed by atoms with E-state index in [0.29, 0.717) is 18.8 Å². The summed E-state index contributed by atoms with van der Waals surface area (Å²) in [6, 6.07) is 8.35. The predicted molar refractivity (Wildman–Crippen MR) is 97.0 cm³/mol. The minimum atomic E-state index is -0.618. The molecule has 0 spiro atoms. The van der Waals surface area contributed by atoms with Crippen molar-refractivity contribution in [2.24, 2.45) is 13.0 Å². The zero-order valence-electron chi connectivity index (χ0n) is 15.1. The van der Waals surface area contributed by atoms with Gasteiger partial charge in [0.05, 0.1) is 0 Å². The fraction of sp³-hybridized carbons (Fsp3) is 0.500. The number of likely N-dealkylation sites (tertiary alicyclic amines) is 1. The fourth-order valence-corrected chi connectivity index (χ4v) is 3.53. The van der Waals surface area contributed by atoms with Gasteiger partial charge in [-0.3, -0.25) is 4.79 Å². The molecule has 0 saturated carbocycles. The summed E-state index contributed by atoms with van der Waals surface area (Å²) in [5.41, 5.74) is 2.43. The van der Waals surface area contributed by atoms with Gasteiger partial charge in [-0.1, -0.05) is 29.8 Å². The quantitative estimate of drug-likeness (QED) is 0.909. The molecule has 1 aromatic carbocycles. The number of benzene rings is 1. The molecule has 1 fully saturated rings. The van der Waals surface area contributed by atoms with Gasteiger partial charge in [-0.05, 0) is 31.7 Å². The molecule has 1 N–H and O–H groups in total. The number of hydrogen-bond acceptors (Lipinski definition) is 3. The van der Waals surface area contributed by atoms with Crippen molar-refractivity contribution in [2.45, 2.75) is 38.7 Å². The topological polar surface area (TPSA) is 58.4 Å². The zero-order chi connectivity index (χ0) is 17.8. The Labute approximate surface area is 149 Å². The molecule has 2 aromatic rings. The first-order chi connectivity index (χ1) is 12.0. The number of aromatic nitrogens is 2. The smallest absolute Gasteiger partial charge is 0.222 e. The maximum atomic E-state index is 12.6. The molecule has 5 nitrogen and oxygen atoms in total. The van der Waals surface area contributed by atoms with Gasteiger partial charge in [0.25, 0.3) is 0 Å². The van der Waals surface area contributed by atoms with Crippen LogP contribution in [-0.2, 0) is 18.3 Å². The number of aryl methyl sites for hydroxylation is 3. The Kier molecular flexibility index (Phi) is 5.53. The molecule has 2 unspecified atom stereocenters. The molecule has 0 aliphatic carbocycles. The maximum Gasteiger partial charge on any atom is 0.222 e. The van der Waals surface area contributed by atoms with Crippen molar-refractivity contribution in [1.82, 2.24) is 14.5 Å². The molecule has 1 aliphatic heterocycles. The van der Waals surface area contributed by atoms with E-state index >= 15 is 0 Å². The minimum Gasteiger partial charge on any atom is -0.385 e. The maximum absolute atomic E-state index is 12.6. The van der Waals surface area contributed by atoms with Gasteiger partial charge < -0.3 is 14.6 Å². The molecule has 0 bridgehead atoms. The molecule has 5 heteroatoms. The molecular formula is C20H27N3O2. The first kappa shape index (κ1) is 17.7. The Morgan fingerprint density at radius 2 is 2.12 bits per heavy atom. The average molecular weight is 341 g/mol. The molecule has 1 aromatic heterocycles. The third-order valence-corrected chi connectivity index (χ3v) is 5.13. The summed E-state index contributed by atoms with van der Waals surface area (Å²) >= 11 is 0. The number of rotatable bonds is 5. The number of piperidine rings is 1. The molecule has 1 amide bonds. The molecule has 0 radical (unpaired) electrons. The van der Waals surface area contributed by atoms with Crippen LogP contribution in [0.15, 0.2) is 36.7 Å². The molecule has 1 saturated heterocycles. The molecule has 3 rings (SSSR count). The van der Waals surface area contributed by atoms with E-state index in [9.17, 15) is 9.90 Å². The van der Waals surface area contributed by atoms with Gasteiger partial charge in [0.15, 0.2) is 0 Å². The van der Waals surface area contributed by atoms with Crippen LogP contribution in [0.4, 0.5) is 0 Å². The second-order valence-electron chi connectivity index (χ2n) is 7.07. The van der Waals surface area contributed by atoms with Gasteiger partial charge in [-0.25, -0.2) is 4.98 Å². The summed E-state index contributed by atoms with van der Waals surface area (Å²) in [6.45, 7) is 3.47. The number of amides is 1. The number of aliphatic hydroxyl groups excluding tert-OH is 1. The number of carbonyl (C=O) groups is 1. The van der Waals surface area contributed by atoms with Crippen LogP contribution >= 0.6 is 0 Å². The van der Waals surface area contributed by atoms with Crippen LogP contribution < -0.4 is 0 Å². The highest BCUT2D eigenvalue weighted by atomic mass is 16.3. The van der Waals surface area contributed by atoms with Crippen LogP contribution in [0.1, 0.15) is 42.3 Å². The number of hydrogen-bond donors (Lipinski definition) is 1. The van der Waals surface area contributed by atoms with E-state index in [4.69, 9.17) is 0 Å². The summed E-state index contributed by atoms with van der Waals surface area (Å²) in [5.74, 6) is 0.912. The monoisotopic (exact) mass is 341 g/mol. The third-order valence-electron chi connectivity index (χ3n) is 5.13. The van der Waals surface area contributed by atoms with Crippen molar-refractivity contribution in [1.29, 1.82) is 0 Å². The Balaban J connectivity index is 1.56. The first-order valence-corrected chi connectivity index (χ1v) is 9.03. The van der Waals surface area contributed by atoms with Gasteiger partial charge in [-0.2, -0.15) is 0 Å². The fourth-order valence-electron chi connectivity index (χ4n) is 3.53. The SMILES string of the molecule is Cc1ccc(CCC(=O)N2CCCC(C(O)c3nccn3C)C2)cc1. The summed E-state index contributed by atoms with van der Waals surface area (Å²) < 4.78 is 1.85. The lowest BCUT2D eigenvalue weighted by atomic mass is 9.91. The van der Waals surface area contributed by atoms with Gasteiger partial charge in [-0.15, -0.1) is 0 Å². The van der Waals surface area contributed by atoms with E-state index in [-0.39, 0.29) is 11.8 Å². The molecule has 2 atom stereocenters. The van der Waals surface area contributed by atoms with Crippen molar-refractivity contribution in [3.05, 3.63) is 53.6 Å². The van der Waals surface area contributed by atoms with Crippen molar-refractivity contribution in [3.63, 3.8) is 0 Å². The first-order valence-electron chi connectivity index (χ1n) is 9.03. The lowest BCUT2D eigenvalue weighted by molar-refractivity contribution is -0.134. The van der Waals surface area contributed by atoms with Crippen molar-refractivity contribution in [3.8, 4) is 0 Å². The van der Waals surface area contributed by atoms with Crippen LogP contribution in [0.25, 0.3) is 0 Å². The lowest BCUT2D eigenvalue weighted by Crippen LogP contribution is -2.42. The summed E-state index contributed by atoms with van der Waals surface area (Å²) in [5, 5.41) is 10.6. The van der Waals surface area contributed by atoms with E-state index < -0.39 is 6.10 Å². The normalized spacial score (nSPS) is 19.0. The van der Waals surface area contributed by atoms with Gasteiger partial charge in [0.1, 0.15) is 11.9 Å². The van der Waals surface area contributed by atoms with E-state index in [2.05, 4.69) is 36.2 Å². The van der Waals surface area contributed by atoms with Crippen molar-refractivity contribution >= 4 is 5.91 Å². The number of carbonyl (C=O) groups excluding carboxylic acids is 1. The summed E-state index contributed by atoms with van der Waals surface area (Å²) in [7, 11) is 1.89. The second kappa shape index (κ2) is 7.83. The number of nitrogens with zero attached hydrogens (tertiary/aromatic N) is 3. The van der Waals surface area contributed by atoms with Crippen LogP contribution in [0.3, 0.4) is 0 Å². The van der Waals surface area contributed by atoms with Gasteiger partial charge in [0.2, 0.25) is 5.91 Å². The van der Waals surface area contributed by atoms with E-state index in [1.54, 1.807) is 6.20 Å². The van der Waals surface area contributed by atoms with Gasteiger partial charge in [0, 0.05) is 44.9 Å². The van der Waals surface area contributed by atoms with Gasteiger partial charge >= 0.3 is 0 Å². The Bertz CT molecular complexity index is 708. The van der Waals surface area contributed by atoms with Crippen LogP contribution in [-0.4, -0.2) is 38.6 Å². The summed E-state index contributed by atoms with van der Waals surface area (Å²) in [6.07, 6.45) is 6.07. The summed E-state index contributed by atoms with van der Waals surface area (Å²) in [4.78, 5) is 18.7. The number of imidazole rings is 1. The van der Waals surface area contributed by atoms with Crippen molar-refractivity contribution < 1.29 is 9.90 Å². The highest BCUT2D eigenvalue weighted by Crippen LogP contribution is 2.29. The molecular weight excluding hydrogens is 314 g/mol. The largest absolute Gasteiger partial charge is 0.385 e. The van der Waals surface area contributed by atoms with Crippen LogP contribution in [0.2, 0.25) is 0 Å². The second-order valence-corrected chi connectivity index (χ2v) is 7.07. The average Bonchev–Trinajstić information content (AvgIpc) is 3.06. The Morgan fingerprint density at radius 1 is 1.36 bits per heavy atom. The highest BCUT2D eigenvalue weighted by molar-refractivity contribution is 5.76. The predicted octanol–water partition coefficient (Wildman–Crippen LogP) is 2.63. The lowest BCUT2D eigenvalue weighted by Gasteiger charge is -2.35. The molecule has 25 heavy (non-hydrogen) atoms. The van der Waals surface area contributed by atoms with E-state index in [0.717, 1.165) is 25.8 Å². The third kappa shape index (κ3) is 4.28. The Hall–Kier alpha value is -2.14. The molecule has 134 valence electrons. The Morgan fingerprint density at radius 3 is 2.80 bits per heavy atom. The van der Waals surface area contributed by atoms with Crippen LogP contribution in [0, 0.1) is 12.8 Å². The zero-order valence-corrected chi connectivity index (χ0v) is 15.1. The standard InChI is InChI=1S/C20H27N3O2/c1-15-5-7-16(8-6-15)9-10-18(24)23-12-3-4-17(14-23)19(25)20-21-11-13-22(20)2/h5-8,11,13,17,19,25H,3-4,9-10,12,14H2,1-2H3. The minimum absolute atomic E-state index is 0.0539. The van der Waals surface area contributed by atoms with E-state index in [1.165, 1.54) is 11.1 Å². The van der Waals surface area contributed by atoms with Crippen molar-refractivity contribution in [2.75, 3.05) is 13.1 Å². The highest BCUT2D eigenvalue weighted by Gasteiger charge is 2.30.